The van der Waals surface area contributed by atoms with Gasteiger partial charge in [0.1, 0.15) is 0 Å². The van der Waals surface area contributed by atoms with Gasteiger partial charge >= 0.3 is 0 Å². The highest BCUT2D eigenvalue weighted by Gasteiger charge is 2.43. The third kappa shape index (κ3) is 1.62. The first-order valence-corrected chi connectivity index (χ1v) is 5.55. The van der Waals surface area contributed by atoms with Crippen LogP contribution >= 0.6 is 0 Å². The van der Waals surface area contributed by atoms with Crippen molar-refractivity contribution in [3.63, 3.8) is 0 Å². The number of aliphatic hydroxyl groups is 1. The van der Waals surface area contributed by atoms with Crippen LogP contribution in [-0.4, -0.2) is 17.3 Å². The molecule has 0 radical (unpaired) electrons. The minimum Gasteiger partial charge on any atom is -0.392 e. The molecule has 0 amide bonds. The summed E-state index contributed by atoms with van der Waals surface area (Å²) in [5.41, 5.74) is 6.36. The predicted octanol–water partition coefficient (Wildman–Crippen LogP) is 1.66. The van der Waals surface area contributed by atoms with Crippen molar-refractivity contribution < 1.29 is 5.11 Å². The Balaban J connectivity index is 2.10. The van der Waals surface area contributed by atoms with Crippen molar-refractivity contribution >= 4 is 0 Å². The number of hydrogen-bond acceptors (Lipinski definition) is 2. The molecule has 2 nitrogen and oxygen atoms in total. The van der Waals surface area contributed by atoms with Crippen LogP contribution in [0.2, 0.25) is 0 Å². The van der Waals surface area contributed by atoms with Crippen LogP contribution < -0.4 is 5.73 Å². The first kappa shape index (κ1) is 9.47. The molecule has 0 aromatic heterocycles. The van der Waals surface area contributed by atoms with Crippen molar-refractivity contribution in [2.45, 2.75) is 57.6 Å². The van der Waals surface area contributed by atoms with Gasteiger partial charge in [0.25, 0.3) is 0 Å². The summed E-state index contributed by atoms with van der Waals surface area (Å²) in [6, 6.07) is 0.0272. The maximum atomic E-state index is 9.71. The molecule has 13 heavy (non-hydrogen) atoms. The van der Waals surface area contributed by atoms with E-state index in [-0.39, 0.29) is 12.1 Å². The molecule has 0 aromatic carbocycles. The Bertz CT molecular complexity index is 195. The molecular weight excluding hydrogens is 162 g/mol. The van der Waals surface area contributed by atoms with E-state index < -0.39 is 0 Å². The fourth-order valence-corrected chi connectivity index (χ4v) is 3.28. The molecule has 4 atom stereocenters. The van der Waals surface area contributed by atoms with Gasteiger partial charge in [-0.05, 0) is 37.0 Å². The standard InChI is InChI=1S/C11H21NO/c1-11-5-3-2-4-8(11)6-10(13)9(12)7-11/h8-10,13H,2-7,12H2,1H3/t8-,9-,10-,11-/m1/s1. The van der Waals surface area contributed by atoms with Gasteiger partial charge < -0.3 is 10.8 Å². The van der Waals surface area contributed by atoms with E-state index in [1.54, 1.807) is 0 Å². The molecular formula is C11H21NO. The fourth-order valence-electron chi connectivity index (χ4n) is 3.28. The number of fused-ring (bicyclic) bond motifs is 1. The Morgan fingerprint density at radius 3 is 2.92 bits per heavy atom. The zero-order chi connectivity index (χ0) is 9.47. The topological polar surface area (TPSA) is 46.2 Å². The van der Waals surface area contributed by atoms with Crippen LogP contribution in [0.15, 0.2) is 0 Å². The molecule has 76 valence electrons. The van der Waals surface area contributed by atoms with Crippen LogP contribution in [0.1, 0.15) is 45.4 Å². The average molecular weight is 183 g/mol. The molecule has 2 aliphatic carbocycles. The summed E-state index contributed by atoms with van der Waals surface area (Å²) in [6.45, 7) is 2.36. The van der Waals surface area contributed by atoms with Gasteiger partial charge in [0, 0.05) is 6.04 Å². The van der Waals surface area contributed by atoms with E-state index >= 15 is 0 Å². The second-order valence-electron chi connectivity index (χ2n) is 5.27. The van der Waals surface area contributed by atoms with Crippen LogP contribution in [0.5, 0.6) is 0 Å². The van der Waals surface area contributed by atoms with Gasteiger partial charge in [-0.25, -0.2) is 0 Å². The molecule has 0 aliphatic heterocycles. The molecule has 0 saturated heterocycles. The summed E-state index contributed by atoms with van der Waals surface area (Å²) < 4.78 is 0. The number of rotatable bonds is 0. The van der Waals surface area contributed by atoms with E-state index in [0.29, 0.717) is 5.41 Å². The van der Waals surface area contributed by atoms with Crippen LogP contribution in [0.4, 0.5) is 0 Å². The molecule has 0 spiro atoms. The molecule has 0 bridgehead atoms. The van der Waals surface area contributed by atoms with Gasteiger partial charge in [0.05, 0.1) is 6.10 Å². The van der Waals surface area contributed by atoms with E-state index in [1.165, 1.54) is 25.7 Å². The van der Waals surface area contributed by atoms with E-state index in [2.05, 4.69) is 6.92 Å². The minimum atomic E-state index is -0.240. The summed E-state index contributed by atoms with van der Waals surface area (Å²) in [4.78, 5) is 0. The first-order valence-electron chi connectivity index (χ1n) is 5.55. The van der Waals surface area contributed by atoms with Crippen molar-refractivity contribution in [2.75, 3.05) is 0 Å². The van der Waals surface area contributed by atoms with Crippen molar-refractivity contribution in [1.29, 1.82) is 0 Å². The smallest absolute Gasteiger partial charge is 0.0694 e. The Kier molecular flexibility index (Phi) is 2.37. The zero-order valence-electron chi connectivity index (χ0n) is 8.50. The molecule has 2 rings (SSSR count). The maximum absolute atomic E-state index is 9.71. The highest BCUT2D eigenvalue weighted by molar-refractivity contribution is 4.96. The normalized spacial score (nSPS) is 51.5. The lowest BCUT2D eigenvalue weighted by Gasteiger charge is -2.48. The van der Waals surface area contributed by atoms with Gasteiger partial charge in [-0.2, -0.15) is 0 Å². The fraction of sp³-hybridized carbons (Fsp3) is 1.00. The molecule has 0 heterocycles. The molecule has 3 N–H and O–H groups in total. The van der Waals surface area contributed by atoms with Crippen LogP contribution in [0.3, 0.4) is 0 Å². The molecule has 2 heteroatoms. The second kappa shape index (κ2) is 3.25. The Labute approximate surface area is 80.5 Å². The third-order valence-corrected chi connectivity index (χ3v) is 4.26. The summed E-state index contributed by atoms with van der Waals surface area (Å²) in [6.07, 6.45) is 7.06. The van der Waals surface area contributed by atoms with Gasteiger partial charge in [0.2, 0.25) is 0 Å². The van der Waals surface area contributed by atoms with Crippen LogP contribution in [0.25, 0.3) is 0 Å². The number of nitrogens with two attached hydrogens (primary N) is 1. The summed E-state index contributed by atoms with van der Waals surface area (Å²) in [5.74, 6) is 0.732. The number of hydrogen-bond donors (Lipinski definition) is 2. The number of aliphatic hydroxyl groups excluding tert-OH is 1. The lowest BCUT2D eigenvalue weighted by Crippen LogP contribution is -2.50. The maximum Gasteiger partial charge on any atom is 0.0694 e. The van der Waals surface area contributed by atoms with Crippen LogP contribution in [-0.2, 0) is 0 Å². The third-order valence-electron chi connectivity index (χ3n) is 4.26. The van der Waals surface area contributed by atoms with E-state index in [0.717, 1.165) is 18.8 Å². The van der Waals surface area contributed by atoms with Crippen molar-refractivity contribution in [2.24, 2.45) is 17.1 Å². The lowest BCUT2D eigenvalue weighted by atomic mass is 9.59. The van der Waals surface area contributed by atoms with Gasteiger partial charge in [-0.15, -0.1) is 0 Å². The largest absolute Gasteiger partial charge is 0.392 e. The zero-order valence-corrected chi connectivity index (χ0v) is 8.50. The molecule has 0 unspecified atom stereocenters. The highest BCUT2D eigenvalue weighted by Crippen LogP contribution is 2.49. The van der Waals surface area contributed by atoms with Crippen molar-refractivity contribution in [1.82, 2.24) is 0 Å². The molecule has 2 fully saturated rings. The van der Waals surface area contributed by atoms with E-state index in [1.807, 2.05) is 0 Å². The van der Waals surface area contributed by atoms with Gasteiger partial charge in [-0.1, -0.05) is 19.8 Å². The Morgan fingerprint density at radius 2 is 2.15 bits per heavy atom. The van der Waals surface area contributed by atoms with Gasteiger partial charge in [-0.3, -0.25) is 0 Å². The van der Waals surface area contributed by atoms with Gasteiger partial charge in [0.15, 0.2) is 0 Å². The quantitative estimate of drug-likeness (QED) is 0.600. The molecule has 2 aliphatic rings. The van der Waals surface area contributed by atoms with Crippen molar-refractivity contribution in [3.8, 4) is 0 Å². The summed E-state index contributed by atoms with van der Waals surface area (Å²) in [7, 11) is 0. The Hall–Kier alpha value is -0.0800. The molecule has 2 saturated carbocycles. The van der Waals surface area contributed by atoms with E-state index in [4.69, 9.17) is 5.73 Å². The van der Waals surface area contributed by atoms with Crippen LogP contribution in [0, 0.1) is 11.3 Å². The summed E-state index contributed by atoms with van der Waals surface area (Å²) in [5, 5.41) is 9.71. The first-order chi connectivity index (χ1) is 6.12. The molecule has 0 aromatic rings. The second-order valence-corrected chi connectivity index (χ2v) is 5.27. The summed E-state index contributed by atoms with van der Waals surface area (Å²) >= 11 is 0. The van der Waals surface area contributed by atoms with Crippen molar-refractivity contribution in [3.05, 3.63) is 0 Å². The lowest BCUT2D eigenvalue weighted by molar-refractivity contribution is -0.0214. The average Bonchev–Trinajstić information content (AvgIpc) is 2.07. The minimum absolute atomic E-state index is 0.0272. The SMILES string of the molecule is C[C@]12CCCC[C@@H]1C[C@@H](O)[C@H](N)C2. The highest BCUT2D eigenvalue weighted by atomic mass is 16.3. The Morgan fingerprint density at radius 1 is 1.38 bits per heavy atom. The van der Waals surface area contributed by atoms with E-state index in [9.17, 15) is 5.11 Å². The predicted molar refractivity (Wildman–Crippen MR) is 53.3 cm³/mol. The monoisotopic (exact) mass is 183 g/mol.